The zero-order valence-electron chi connectivity index (χ0n) is 13.6. The highest BCUT2D eigenvalue weighted by Gasteiger charge is 2.22. The highest BCUT2D eigenvalue weighted by Crippen LogP contribution is 2.40. The molecule has 1 saturated carbocycles. The summed E-state index contributed by atoms with van der Waals surface area (Å²) in [6.45, 7) is 5.55. The van der Waals surface area contributed by atoms with Crippen molar-refractivity contribution in [2.24, 2.45) is 0 Å². The predicted octanol–water partition coefficient (Wildman–Crippen LogP) is 4.50. The van der Waals surface area contributed by atoms with Gasteiger partial charge in [-0.05, 0) is 61.9 Å². The van der Waals surface area contributed by atoms with Crippen molar-refractivity contribution in [3.8, 4) is 0 Å². The van der Waals surface area contributed by atoms with Gasteiger partial charge < -0.3 is 10.6 Å². The number of hydrogen-bond donors (Lipinski definition) is 1. The van der Waals surface area contributed by atoms with E-state index >= 15 is 0 Å². The van der Waals surface area contributed by atoms with E-state index in [2.05, 4.69) is 45.0 Å². The largest absolute Gasteiger partial charge is 0.398 e. The summed E-state index contributed by atoms with van der Waals surface area (Å²) in [5, 5.41) is 0. The smallest absolute Gasteiger partial charge is 0.0384 e. The molecule has 0 radical (unpaired) electrons. The van der Waals surface area contributed by atoms with Crippen molar-refractivity contribution in [3.05, 3.63) is 28.8 Å². The fourth-order valence-corrected chi connectivity index (χ4v) is 3.42. The first-order valence-corrected chi connectivity index (χ1v) is 8.09. The molecule has 2 N–H and O–H groups in total. The summed E-state index contributed by atoms with van der Waals surface area (Å²) in [6.07, 6.45) is 6.51. The van der Waals surface area contributed by atoms with Gasteiger partial charge in [-0.3, -0.25) is 0 Å². The highest BCUT2D eigenvalue weighted by atomic mass is 15.0. The first kappa shape index (κ1) is 15.4. The normalized spacial score (nSPS) is 17.9. The van der Waals surface area contributed by atoms with Crippen LogP contribution >= 0.6 is 0 Å². The lowest BCUT2D eigenvalue weighted by atomic mass is 9.87. The third kappa shape index (κ3) is 3.35. The molecular weight excluding hydrogens is 244 g/mol. The van der Waals surface area contributed by atoms with Gasteiger partial charge in [-0.15, -0.1) is 0 Å². The fraction of sp³-hybridized carbons (Fsp3) is 0.667. The number of anilines is 1. The number of nitrogens with zero attached hydrogens (tertiary/aromatic N) is 1. The Balaban J connectivity index is 2.42. The second-order valence-electron chi connectivity index (χ2n) is 6.72. The Morgan fingerprint density at radius 1 is 1.25 bits per heavy atom. The van der Waals surface area contributed by atoms with Crippen LogP contribution in [-0.4, -0.2) is 19.0 Å². The molecule has 1 aromatic rings. The van der Waals surface area contributed by atoms with Crippen molar-refractivity contribution < 1.29 is 0 Å². The van der Waals surface area contributed by atoms with E-state index in [1.54, 1.807) is 0 Å². The van der Waals surface area contributed by atoms with Crippen LogP contribution in [-0.2, 0) is 6.54 Å². The van der Waals surface area contributed by atoms with Crippen LogP contribution in [0, 0.1) is 0 Å². The number of rotatable bonds is 5. The molecule has 1 aliphatic carbocycles. The van der Waals surface area contributed by atoms with Crippen molar-refractivity contribution in [2.75, 3.05) is 19.8 Å². The number of hydrogen-bond acceptors (Lipinski definition) is 2. The maximum Gasteiger partial charge on any atom is 0.0384 e. The van der Waals surface area contributed by atoms with Crippen molar-refractivity contribution in [3.63, 3.8) is 0 Å². The molecule has 20 heavy (non-hydrogen) atoms. The summed E-state index contributed by atoms with van der Waals surface area (Å²) in [5.74, 6) is 1.25. The van der Waals surface area contributed by atoms with Gasteiger partial charge in [-0.25, -0.2) is 0 Å². The Kier molecular flexibility index (Phi) is 5.09. The van der Waals surface area contributed by atoms with Crippen LogP contribution in [0.4, 0.5) is 5.69 Å². The molecule has 1 aromatic carbocycles. The third-order valence-corrected chi connectivity index (χ3v) is 4.74. The molecule has 0 amide bonds. The average Bonchev–Trinajstić information content (AvgIpc) is 2.93. The fourth-order valence-electron chi connectivity index (χ4n) is 3.42. The van der Waals surface area contributed by atoms with E-state index in [0.717, 1.165) is 18.7 Å². The van der Waals surface area contributed by atoms with Crippen molar-refractivity contribution in [1.82, 2.24) is 4.90 Å². The minimum absolute atomic E-state index is 0.553. The molecule has 0 bridgehead atoms. The van der Waals surface area contributed by atoms with Crippen LogP contribution in [0.15, 0.2) is 12.1 Å². The average molecular weight is 274 g/mol. The van der Waals surface area contributed by atoms with E-state index in [-0.39, 0.29) is 0 Å². The summed E-state index contributed by atoms with van der Waals surface area (Å²) in [7, 11) is 4.27. The molecule has 1 fully saturated rings. The zero-order chi connectivity index (χ0) is 14.7. The van der Waals surface area contributed by atoms with E-state index in [1.165, 1.54) is 42.4 Å². The molecule has 1 atom stereocenters. The molecule has 2 heteroatoms. The Bertz CT molecular complexity index is 445. The van der Waals surface area contributed by atoms with Crippen molar-refractivity contribution in [2.45, 2.75) is 64.3 Å². The molecule has 0 aromatic heterocycles. The molecule has 0 heterocycles. The standard InChI is InChI=1S/C18H30N2/c1-5-13(2)16-10-14(12-20(3)4)11-17(18(16)19)15-8-6-7-9-15/h10-11,13,15H,5-9,12,19H2,1-4H3. The Morgan fingerprint density at radius 2 is 1.90 bits per heavy atom. The molecule has 0 aliphatic heterocycles. The molecule has 2 nitrogen and oxygen atoms in total. The van der Waals surface area contributed by atoms with Crippen LogP contribution in [0.3, 0.4) is 0 Å². The second kappa shape index (κ2) is 6.62. The molecule has 1 unspecified atom stereocenters. The lowest BCUT2D eigenvalue weighted by Gasteiger charge is -2.22. The van der Waals surface area contributed by atoms with Crippen LogP contribution in [0.25, 0.3) is 0 Å². The SMILES string of the molecule is CCC(C)c1cc(CN(C)C)cc(C2CCCC2)c1N. The van der Waals surface area contributed by atoms with Gasteiger partial charge in [0.1, 0.15) is 0 Å². The maximum absolute atomic E-state index is 6.53. The van der Waals surface area contributed by atoms with Gasteiger partial charge in [0, 0.05) is 12.2 Å². The third-order valence-electron chi connectivity index (χ3n) is 4.74. The quantitative estimate of drug-likeness (QED) is 0.801. The monoisotopic (exact) mass is 274 g/mol. The number of nitrogen functional groups attached to an aromatic ring is 1. The molecule has 112 valence electrons. The van der Waals surface area contributed by atoms with Crippen LogP contribution < -0.4 is 5.73 Å². The van der Waals surface area contributed by atoms with Gasteiger partial charge >= 0.3 is 0 Å². The topological polar surface area (TPSA) is 29.3 Å². The first-order chi connectivity index (χ1) is 9.52. The summed E-state index contributed by atoms with van der Waals surface area (Å²) in [5.41, 5.74) is 11.8. The van der Waals surface area contributed by atoms with Gasteiger partial charge in [0.2, 0.25) is 0 Å². The van der Waals surface area contributed by atoms with Gasteiger partial charge in [0.25, 0.3) is 0 Å². The number of nitrogens with two attached hydrogens (primary N) is 1. The predicted molar refractivity (Wildman–Crippen MR) is 88.2 cm³/mol. The first-order valence-electron chi connectivity index (χ1n) is 8.09. The van der Waals surface area contributed by atoms with E-state index in [9.17, 15) is 0 Å². The lowest BCUT2D eigenvalue weighted by Crippen LogP contribution is -2.13. The Hall–Kier alpha value is -1.02. The summed E-state index contributed by atoms with van der Waals surface area (Å²) >= 11 is 0. The van der Waals surface area contributed by atoms with Crippen LogP contribution in [0.5, 0.6) is 0 Å². The van der Waals surface area contributed by atoms with Crippen LogP contribution in [0.2, 0.25) is 0 Å². The van der Waals surface area contributed by atoms with Crippen molar-refractivity contribution >= 4 is 5.69 Å². The summed E-state index contributed by atoms with van der Waals surface area (Å²) < 4.78 is 0. The van der Waals surface area contributed by atoms with Gasteiger partial charge in [-0.2, -0.15) is 0 Å². The second-order valence-corrected chi connectivity index (χ2v) is 6.72. The lowest BCUT2D eigenvalue weighted by molar-refractivity contribution is 0.402. The zero-order valence-corrected chi connectivity index (χ0v) is 13.6. The van der Waals surface area contributed by atoms with E-state index in [1.807, 2.05) is 0 Å². The van der Waals surface area contributed by atoms with E-state index in [0.29, 0.717) is 11.8 Å². The molecule has 1 aliphatic rings. The molecule has 0 spiro atoms. The van der Waals surface area contributed by atoms with Gasteiger partial charge in [0.15, 0.2) is 0 Å². The summed E-state index contributed by atoms with van der Waals surface area (Å²) in [6, 6.07) is 4.71. The Labute approximate surface area is 124 Å². The summed E-state index contributed by atoms with van der Waals surface area (Å²) in [4.78, 5) is 2.24. The minimum Gasteiger partial charge on any atom is -0.398 e. The van der Waals surface area contributed by atoms with Crippen molar-refractivity contribution in [1.29, 1.82) is 0 Å². The Morgan fingerprint density at radius 3 is 2.45 bits per heavy atom. The molecular formula is C18H30N2. The van der Waals surface area contributed by atoms with E-state index < -0.39 is 0 Å². The van der Waals surface area contributed by atoms with E-state index in [4.69, 9.17) is 5.73 Å². The van der Waals surface area contributed by atoms with Crippen LogP contribution in [0.1, 0.15) is 74.5 Å². The van der Waals surface area contributed by atoms with Gasteiger partial charge in [0.05, 0.1) is 0 Å². The highest BCUT2D eigenvalue weighted by molar-refractivity contribution is 5.58. The van der Waals surface area contributed by atoms with Gasteiger partial charge in [-0.1, -0.05) is 38.8 Å². The number of benzene rings is 1. The maximum atomic E-state index is 6.53. The minimum atomic E-state index is 0.553. The molecule has 0 saturated heterocycles. The molecule has 2 rings (SSSR count).